The van der Waals surface area contributed by atoms with E-state index in [-0.39, 0.29) is 6.17 Å². The van der Waals surface area contributed by atoms with Gasteiger partial charge in [-0.3, -0.25) is 10.6 Å². The van der Waals surface area contributed by atoms with Crippen LogP contribution in [0.4, 0.5) is 0 Å². The number of benzene rings is 1. The zero-order valence-electron chi connectivity index (χ0n) is 11.5. The van der Waals surface area contributed by atoms with Crippen molar-refractivity contribution >= 4 is 0 Å². The fourth-order valence-electron chi connectivity index (χ4n) is 1.69. The Morgan fingerprint density at radius 3 is 1.76 bits per heavy atom. The summed E-state index contributed by atoms with van der Waals surface area (Å²) in [6, 6.07) is 11.7. The van der Waals surface area contributed by atoms with Gasteiger partial charge in [0.05, 0.1) is 6.17 Å². The van der Waals surface area contributed by atoms with Crippen LogP contribution in [0, 0.1) is 0 Å². The van der Waals surface area contributed by atoms with Gasteiger partial charge < -0.3 is 0 Å². The van der Waals surface area contributed by atoms with Crippen molar-refractivity contribution in [2.24, 2.45) is 0 Å². The topological polar surface area (TPSA) is 24.1 Å². The van der Waals surface area contributed by atoms with E-state index in [0.717, 1.165) is 12.8 Å². The molecule has 2 nitrogen and oxygen atoms in total. The fourth-order valence-corrected chi connectivity index (χ4v) is 1.69. The summed E-state index contributed by atoms with van der Waals surface area (Å²) in [5.74, 6) is 0. The molecule has 0 heterocycles. The molecule has 2 N–H and O–H groups in total. The van der Waals surface area contributed by atoms with Gasteiger partial charge in [0.25, 0.3) is 0 Å². The summed E-state index contributed by atoms with van der Waals surface area (Å²) in [4.78, 5) is 0. The smallest absolute Gasteiger partial charge is 0.0839 e. The quantitative estimate of drug-likeness (QED) is 0.706. The van der Waals surface area contributed by atoms with Gasteiger partial charge in [0.15, 0.2) is 0 Å². The van der Waals surface area contributed by atoms with E-state index in [1.54, 1.807) is 0 Å². The van der Waals surface area contributed by atoms with Crippen molar-refractivity contribution in [3.05, 3.63) is 35.9 Å². The lowest BCUT2D eigenvalue weighted by molar-refractivity contribution is 0.348. The first-order chi connectivity index (χ1) is 8.17. The summed E-state index contributed by atoms with van der Waals surface area (Å²) >= 11 is 0. The highest BCUT2D eigenvalue weighted by atomic mass is 15.1. The second-order valence-electron chi connectivity index (χ2n) is 4.80. The van der Waals surface area contributed by atoms with E-state index < -0.39 is 0 Å². The van der Waals surface area contributed by atoms with E-state index in [1.165, 1.54) is 5.56 Å². The van der Waals surface area contributed by atoms with E-state index in [0.29, 0.717) is 12.1 Å². The molecule has 0 spiro atoms. The monoisotopic (exact) mass is 234 g/mol. The minimum atomic E-state index is 0.251. The SMILES string of the molecule is CCC(C)NC(NC(C)CC)c1ccccc1. The molecule has 0 saturated carbocycles. The molecule has 0 aliphatic heterocycles. The fraction of sp³-hybridized carbons (Fsp3) is 0.600. The average molecular weight is 234 g/mol. The molecule has 0 saturated heterocycles. The predicted octanol–water partition coefficient (Wildman–Crippen LogP) is 3.46. The van der Waals surface area contributed by atoms with Crippen LogP contribution < -0.4 is 10.6 Å². The third kappa shape index (κ3) is 4.88. The molecule has 0 bridgehead atoms. The van der Waals surface area contributed by atoms with Crippen molar-refractivity contribution in [3.8, 4) is 0 Å². The van der Waals surface area contributed by atoms with E-state index in [2.05, 4.69) is 68.7 Å². The van der Waals surface area contributed by atoms with Crippen LogP contribution in [0.25, 0.3) is 0 Å². The van der Waals surface area contributed by atoms with Crippen molar-refractivity contribution in [1.82, 2.24) is 10.6 Å². The Morgan fingerprint density at radius 2 is 1.35 bits per heavy atom. The number of nitrogens with one attached hydrogen (secondary N) is 2. The molecule has 0 aliphatic carbocycles. The first-order valence-corrected chi connectivity index (χ1v) is 6.74. The first-order valence-electron chi connectivity index (χ1n) is 6.74. The van der Waals surface area contributed by atoms with Crippen LogP contribution in [0.5, 0.6) is 0 Å². The molecule has 96 valence electrons. The van der Waals surface area contributed by atoms with Crippen LogP contribution in [0.1, 0.15) is 52.3 Å². The van der Waals surface area contributed by atoms with E-state index in [1.807, 2.05) is 0 Å². The molecule has 2 unspecified atom stereocenters. The first kappa shape index (κ1) is 14.2. The zero-order valence-corrected chi connectivity index (χ0v) is 11.5. The van der Waals surface area contributed by atoms with Crippen LogP contribution in [-0.4, -0.2) is 12.1 Å². The Kier molecular flexibility index (Phi) is 6.23. The van der Waals surface area contributed by atoms with Crippen molar-refractivity contribution in [3.63, 3.8) is 0 Å². The standard InChI is InChI=1S/C15H26N2/c1-5-12(3)16-15(17-13(4)6-2)14-10-8-7-9-11-14/h7-13,15-17H,5-6H2,1-4H3. The highest BCUT2D eigenvalue weighted by molar-refractivity contribution is 5.18. The van der Waals surface area contributed by atoms with Crippen LogP contribution in [0.3, 0.4) is 0 Å². The molecular formula is C15H26N2. The molecule has 0 fully saturated rings. The predicted molar refractivity (Wildman–Crippen MR) is 75.0 cm³/mol. The third-order valence-corrected chi connectivity index (χ3v) is 3.26. The molecule has 0 radical (unpaired) electrons. The maximum absolute atomic E-state index is 3.64. The lowest BCUT2D eigenvalue weighted by Gasteiger charge is -2.27. The lowest BCUT2D eigenvalue weighted by Crippen LogP contribution is -2.42. The van der Waals surface area contributed by atoms with Gasteiger partial charge in [0, 0.05) is 12.1 Å². The van der Waals surface area contributed by atoms with Crippen LogP contribution in [0.15, 0.2) is 30.3 Å². The van der Waals surface area contributed by atoms with Gasteiger partial charge in [-0.1, -0.05) is 44.2 Å². The number of rotatable bonds is 7. The van der Waals surface area contributed by atoms with Crippen molar-refractivity contribution in [1.29, 1.82) is 0 Å². The molecule has 1 aromatic rings. The summed E-state index contributed by atoms with van der Waals surface area (Å²) in [6.07, 6.45) is 2.54. The highest BCUT2D eigenvalue weighted by Crippen LogP contribution is 2.12. The largest absolute Gasteiger partial charge is 0.296 e. The minimum Gasteiger partial charge on any atom is -0.296 e. The molecule has 1 aromatic carbocycles. The average Bonchev–Trinajstić information content (AvgIpc) is 2.38. The van der Waals surface area contributed by atoms with Gasteiger partial charge >= 0.3 is 0 Å². The summed E-state index contributed by atoms with van der Waals surface area (Å²) in [5.41, 5.74) is 1.31. The molecule has 1 rings (SSSR count). The molecule has 0 aromatic heterocycles. The summed E-state index contributed by atoms with van der Waals surface area (Å²) in [7, 11) is 0. The number of hydrogen-bond donors (Lipinski definition) is 2. The molecular weight excluding hydrogens is 208 g/mol. The van der Waals surface area contributed by atoms with Gasteiger partial charge in [-0.05, 0) is 32.3 Å². The second-order valence-corrected chi connectivity index (χ2v) is 4.80. The van der Waals surface area contributed by atoms with Crippen molar-refractivity contribution in [2.45, 2.75) is 58.8 Å². The van der Waals surface area contributed by atoms with Crippen LogP contribution in [0.2, 0.25) is 0 Å². The highest BCUT2D eigenvalue weighted by Gasteiger charge is 2.14. The Balaban J connectivity index is 2.72. The Hall–Kier alpha value is -0.860. The van der Waals surface area contributed by atoms with E-state index >= 15 is 0 Å². The lowest BCUT2D eigenvalue weighted by atomic mass is 10.1. The normalized spacial score (nSPS) is 16.5. The third-order valence-electron chi connectivity index (χ3n) is 3.26. The van der Waals surface area contributed by atoms with Gasteiger partial charge in [-0.25, -0.2) is 0 Å². The number of hydrogen-bond acceptors (Lipinski definition) is 2. The Bertz CT molecular complexity index is 285. The van der Waals surface area contributed by atoms with Gasteiger partial charge in [0.2, 0.25) is 0 Å². The Labute approximate surface area is 106 Å². The van der Waals surface area contributed by atoms with Gasteiger partial charge in [-0.15, -0.1) is 0 Å². The van der Waals surface area contributed by atoms with Crippen molar-refractivity contribution < 1.29 is 0 Å². The van der Waals surface area contributed by atoms with Crippen LogP contribution >= 0.6 is 0 Å². The second kappa shape index (κ2) is 7.46. The molecule has 2 atom stereocenters. The summed E-state index contributed by atoms with van der Waals surface area (Å²) < 4.78 is 0. The summed E-state index contributed by atoms with van der Waals surface area (Å²) in [6.45, 7) is 8.88. The van der Waals surface area contributed by atoms with E-state index in [9.17, 15) is 0 Å². The Morgan fingerprint density at radius 1 is 0.882 bits per heavy atom. The van der Waals surface area contributed by atoms with Gasteiger partial charge in [0.1, 0.15) is 0 Å². The van der Waals surface area contributed by atoms with Crippen LogP contribution in [-0.2, 0) is 0 Å². The van der Waals surface area contributed by atoms with Crippen molar-refractivity contribution in [2.75, 3.05) is 0 Å². The molecule has 2 heteroatoms. The summed E-state index contributed by atoms with van der Waals surface area (Å²) in [5, 5.41) is 7.27. The van der Waals surface area contributed by atoms with E-state index in [4.69, 9.17) is 0 Å². The maximum Gasteiger partial charge on any atom is 0.0839 e. The maximum atomic E-state index is 3.64. The molecule has 0 amide bonds. The van der Waals surface area contributed by atoms with Gasteiger partial charge in [-0.2, -0.15) is 0 Å². The zero-order chi connectivity index (χ0) is 12.7. The molecule has 0 aliphatic rings. The molecule has 17 heavy (non-hydrogen) atoms. The minimum absolute atomic E-state index is 0.251.